The Labute approximate surface area is 85.5 Å². The van der Waals surface area contributed by atoms with Crippen molar-refractivity contribution in [3.8, 4) is 5.69 Å². The monoisotopic (exact) mass is 210 g/mol. The van der Waals surface area contributed by atoms with Gasteiger partial charge < -0.3 is 0 Å². The fourth-order valence-corrected chi connectivity index (χ4v) is 1.46. The maximum Gasteiger partial charge on any atom is 0.365 e. The number of aromatic nitrogens is 4. The average Bonchev–Trinajstić information content (AvgIpc) is 2.65. The minimum Gasteiger partial charge on any atom is -0.244 e. The van der Waals surface area contributed by atoms with Gasteiger partial charge in [0, 0.05) is 4.90 Å². The van der Waals surface area contributed by atoms with Gasteiger partial charge in [-0.3, -0.25) is 0 Å². The molecule has 0 saturated heterocycles. The van der Waals surface area contributed by atoms with E-state index in [1.807, 2.05) is 12.3 Å². The Bertz CT molecular complexity index is 535. The molecule has 2 aromatic rings. The molecule has 1 heterocycles. The molecule has 0 radical (unpaired) electrons. The Balaban J connectivity index is 2.64. The molecule has 0 amide bonds. The predicted octanol–water partition coefficient (Wildman–Crippen LogP) is 0.677. The molecular weight excluding hydrogens is 200 g/mol. The van der Waals surface area contributed by atoms with E-state index in [-0.39, 0.29) is 6.04 Å². The summed E-state index contributed by atoms with van der Waals surface area (Å²) < 4.78 is 8.93. The number of benzene rings is 1. The fourth-order valence-electron chi connectivity index (χ4n) is 1.03. The van der Waals surface area contributed by atoms with Crippen molar-refractivity contribution in [3.63, 3.8) is 0 Å². The van der Waals surface area contributed by atoms with Crippen molar-refractivity contribution in [2.45, 2.75) is 4.90 Å². The highest BCUT2D eigenvalue weighted by Gasteiger charge is 2.02. The maximum absolute atomic E-state index is 11.3. The summed E-state index contributed by atoms with van der Waals surface area (Å²) in [5.41, 5.74) is -0.0117. The number of aromatic amines is 1. The van der Waals surface area contributed by atoms with Gasteiger partial charge in [0.05, 0.1) is 7.06 Å². The van der Waals surface area contributed by atoms with Crippen LogP contribution in [0.5, 0.6) is 0 Å². The van der Waals surface area contributed by atoms with Gasteiger partial charge in [0.2, 0.25) is 0 Å². The van der Waals surface area contributed by atoms with E-state index in [9.17, 15) is 4.79 Å². The molecule has 0 aliphatic rings. The zero-order chi connectivity index (χ0) is 10.8. The van der Waals surface area contributed by atoms with Gasteiger partial charge in [-0.25, -0.2) is 9.89 Å². The molecule has 0 atom stereocenters. The van der Waals surface area contributed by atoms with E-state index in [0.717, 1.165) is 9.58 Å². The number of hydrogen-bond donors (Lipinski definition) is 1. The van der Waals surface area contributed by atoms with Crippen molar-refractivity contribution in [3.05, 3.63) is 34.7 Å². The van der Waals surface area contributed by atoms with Gasteiger partial charge in [-0.2, -0.15) is 4.68 Å². The lowest BCUT2D eigenvalue weighted by Crippen LogP contribution is -2.15. The first kappa shape index (κ1) is 7.81. The molecule has 14 heavy (non-hydrogen) atoms. The highest BCUT2D eigenvalue weighted by atomic mass is 32.2. The van der Waals surface area contributed by atoms with E-state index in [4.69, 9.17) is 1.37 Å². The van der Waals surface area contributed by atoms with Crippen LogP contribution >= 0.6 is 11.8 Å². The first-order chi connectivity index (χ1) is 7.24. The van der Waals surface area contributed by atoms with Crippen LogP contribution in [0.15, 0.2) is 33.9 Å². The van der Waals surface area contributed by atoms with Crippen LogP contribution in [0, 0.1) is 0 Å². The summed E-state index contributed by atoms with van der Waals surface area (Å²) in [6.07, 6.45) is 1.88. The molecule has 1 N–H and O–H groups in total. The second-order valence-corrected chi connectivity index (χ2v) is 3.37. The van der Waals surface area contributed by atoms with Crippen LogP contribution in [-0.4, -0.2) is 26.5 Å². The quantitative estimate of drug-likeness (QED) is 0.740. The molecule has 0 saturated carbocycles. The summed E-state index contributed by atoms with van der Waals surface area (Å²) in [6, 6.07) is 5.54. The number of H-pyrrole nitrogens is 1. The Kier molecular flexibility index (Phi) is 2.05. The molecule has 6 heteroatoms. The second-order valence-electron chi connectivity index (χ2n) is 2.52. The van der Waals surface area contributed by atoms with Crippen LogP contribution in [0.1, 0.15) is 1.37 Å². The molecule has 1 aromatic carbocycles. The van der Waals surface area contributed by atoms with Gasteiger partial charge in [0.1, 0.15) is 0 Å². The van der Waals surface area contributed by atoms with E-state index in [0.29, 0.717) is 5.69 Å². The minimum absolute atomic E-state index is 0.279. The number of tetrazole rings is 1. The zero-order valence-corrected chi connectivity index (χ0v) is 8.21. The number of rotatable bonds is 2. The second kappa shape index (κ2) is 3.67. The van der Waals surface area contributed by atoms with Crippen LogP contribution in [0.2, 0.25) is 0 Å². The molecule has 0 bridgehead atoms. The van der Waals surface area contributed by atoms with Crippen molar-refractivity contribution in [2.75, 3.05) is 6.26 Å². The topological polar surface area (TPSA) is 63.6 Å². The molecule has 0 aliphatic heterocycles. The average molecular weight is 210 g/mol. The van der Waals surface area contributed by atoms with Gasteiger partial charge >= 0.3 is 5.69 Å². The van der Waals surface area contributed by atoms with E-state index in [1.54, 1.807) is 12.1 Å². The highest BCUT2D eigenvalue weighted by Crippen LogP contribution is 2.16. The van der Waals surface area contributed by atoms with Crippen molar-refractivity contribution >= 4 is 11.8 Å². The van der Waals surface area contributed by atoms with Crippen molar-refractivity contribution in [1.82, 2.24) is 20.2 Å². The third-order valence-electron chi connectivity index (χ3n) is 1.67. The predicted molar refractivity (Wildman–Crippen MR) is 53.8 cm³/mol. The van der Waals surface area contributed by atoms with Crippen LogP contribution in [-0.2, 0) is 0 Å². The van der Waals surface area contributed by atoms with Gasteiger partial charge in [0.25, 0.3) is 0 Å². The van der Waals surface area contributed by atoms with Gasteiger partial charge in [0.15, 0.2) is 0 Å². The molecule has 5 nitrogen and oxygen atoms in total. The maximum atomic E-state index is 11.3. The Hall–Kier alpha value is -1.56. The third kappa shape index (κ3) is 1.56. The van der Waals surface area contributed by atoms with Crippen LogP contribution in [0.25, 0.3) is 5.69 Å². The van der Waals surface area contributed by atoms with E-state index >= 15 is 0 Å². The number of nitrogens with zero attached hydrogens (tertiary/aromatic N) is 3. The summed E-state index contributed by atoms with van der Waals surface area (Å²) in [5, 5.41) is 9.16. The lowest BCUT2D eigenvalue weighted by atomic mass is 10.3. The number of hydrogen-bond acceptors (Lipinski definition) is 4. The molecule has 0 unspecified atom stereocenters. The van der Waals surface area contributed by atoms with Gasteiger partial charge in [-0.15, -0.1) is 11.8 Å². The summed E-state index contributed by atoms with van der Waals surface area (Å²) in [6.45, 7) is 0. The van der Waals surface area contributed by atoms with Crippen molar-refractivity contribution < 1.29 is 1.37 Å². The van der Waals surface area contributed by atoms with E-state index in [2.05, 4.69) is 15.5 Å². The lowest BCUT2D eigenvalue weighted by Gasteiger charge is -1.99. The molecular formula is C8H8N4OS. The standard InChI is InChI=1S/C8H8N4OS/c1-14-7-4-2-3-6(5-7)12-8(13)9-10-11-12/h2-5H,1H3,(H,9,11,13)/i5T. The molecule has 0 spiro atoms. The Morgan fingerprint density at radius 3 is 3.14 bits per heavy atom. The van der Waals surface area contributed by atoms with Crippen LogP contribution in [0.4, 0.5) is 0 Å². The summed E-state index contributed by atoms with van der Waals surface area (Å²) in [4.78, 5) is 12.1. The molecule has 0 fully saturated rings. The summed E-state index contributed by atoms with van der Waals surface area (Å²) in [5.74, 6) is 0. The molecule has 2 rings (SSSR count). The summed E-state index contributed by atoms with van der Waals surface area (Å²) in [7, 11) is 0. The Morgan fingerprint density at radius 1 is 1.64 bits per heavy atom. The van der Waals surface area contributed by atoms with Crippen LogP contribution < -0.4 is 5.69 Å². The first-order valence-electron chi connectivity index (χ1n) is 4.38. The largest absolute Gasteiger partial charge is 0.365 e. The Morgan fingerprint density at radius 2 is 2.50 bits per heavy atom. The summed E-state index contributed by atoms with van der Waals surface area (Å²) >= 11 is 1.45. The molecule has 0 aliphatic carbocycles. The first-order valence-corrected chi connectivity index (χ1v) is 5.11. The van der Waals surface area contributed by atoms with Crippen molar-refractivity contribution in [2.24, 2.45) is 0 Å². The van der Waals surface area contributed by atoms with Gasteiger partial charge in [-0.05, 0) is 34.9 Å². The van der Waals surface area contributed by atoms with E-state index < -0.39 is 5.69 Å². The highest BCUT2D eigenvalue weighted by molar-refractivity contribution is 7.98. The molecule has 72 valence electrons. The lowest BCUT2D eigenvalue weighted by molar-refractivity contribution is 0.778. The smallest absolute Gasteiger partial charge is 0.244 e. The third-order valence-corrected chi connectivity index (χ3v) is 2.35. The minimum atomic E-state index is -0.443. The van der Waals surface area contributed by atoms with Crippen LogP contribution in [0.3, 0.4) is 0 Å². The SMILES string of the molecule is [3H]c1c(SC)cccc1-n1nn[nH]c1=O. The molecule has 1 aromatic heterocycles. The fraction of sp³-hybridized carbons (Fsp3) is 0.125. The number of thioether (sulfide) groups is 1. The normalized spacial score (nSPS) is 11.4. The number of nitrogens with one attached hydrogen (secondary N) is 1. The van der Waals surface area contributed by atoms with Crippen molar-refractivity contribution in [1.29, 1.82) is 0 Å². The zero-order valence-electron chi connectivity index (χ0n) is 8.39. The van der Waals surface area contributed by atoms with E-state index in [1.165, 1.54) is 11.8 Å². The van der Waals surface area contributed by atoms with Gasteiger partial charge in [-0.1, -0.05) is 6.07 Å².